The van der Waals surface area contributed by atoms with E-state index in [1.807, 2.05) is 17.9 Å². The summed E-state index contributed by atoms with van der Waals surface area (Å²) in [6, 6.07) is 4.98. The largest absolute Gasteiger partial charge is 0.354 e. The summed E-state index contributed by atoms with van der Waals surface area (Å²) in [5, 5.41) is 2.38. The molecule has 1 atom stereocenters. The molecule has 156 valence electrons. The zero-order valence-corrected chi connectivity index (χ0v) is 17.2. The van der Waals surface area contributed by atoms with Crippen LogP contribution in [-0.2, 0) is 4.79 Å². The van der Waals surface area contributed by atoms with Crippen molar-refractivity contribution in [2.75, 3.05) is 36.4 Å². The average Bonchev–Trinajstić information content (AvgIpc) is 2.69. The van der Waals surface area contributed by atoms with E-state index >= 15 is 0 Å². The molecule has 2 heterocycles. The molecule has 2 aromatic rings. The number of benzene rings is 1. The molecular formula is C21H27F2N5O. The zero-order chi connectivity index (χ0) is 21.1. The summed E-state index contributed by atoms with van der Waals surface area (Å²) in [7, 11) is 0. The fraction of sp³-hybridized carbons (Fsp3) is 0.476. The number of halogens is 2. The van der Waals surface area contributed by atoms with Crippen molar-refractivity contribution < 1.29 is 13.6 Å². The van der Waals surface area contributed by atoms with Crippen LogP contribution in [0.2, 0.25) is 0 Å². The van der Waals surface area contributed by atoms with Gasteiger partial charge < -0.3 is 10.2 Å². The minimum atomic E-state index is -0.782. The summed E-state index contributed by atoms with van der Waals surface area (Å²) in [5.41, 5.74) is 0.529. The number of anilines is 2. The number of aryl methyl sites for hydroxylation is 1. The van der Waals surface area contributed by atoms with E-state index in [9.17, 15) is 13.6 Å². The first-order chi connectivity index (χ1) is 13.8. The van der Waals surface area contributed by atoms with Gasteiger partial charge in [-0.25, -0.2) is 18.7 Å². The van der Waals surface area contributed by atoms with Crippen LogP contribution in [0.5, 0.6) is 0 Å². The number of hydrogen-bond donors (Lipinski definition) is 1. The molecule has 1 aromatic carbocycles. The van der Waals surface area contributed by atoms with Crippen LogP contribution in [0.1, 0.15) is 38.2 Å². The van der Waals surface area contributed by atoms with Gasteiger partial charge in [0, 0.05) is 43.9 Å². The summed E-state index contributed by atoms with van der Waals surface area (Å²) < 4.78 is 27.6. The molecule has 1 aliphatic heterocycles. The number of hydrogen-bond acceptors (Lipinski definition) is 5. The molecular weight excluding hydrogens is 376 g/mol. The van der Waals surface area contributed by atoms with E-state index in [-0.39, 0.29) is 5.92 Å². The van der Waals surface area contributed by atoms with Gasteiger partial charge in [0.05, 0.1) is 6.04 Å². The first-order valence-corrected chi connectivity index (χ1v) is 9.85. The second kappa shape index (κ2) is 8.82. The Kier molecular flexibility index (Phi) is 6.42. The summed E-state index contributed by atoms with van der Waals surface area (Å²) in [4.78, 5) is 25.8. The van der Waals surface area contributed by atoms with E-state index in [2.05, 4.69) is 34.0 Å². The Labute approximate surface area is 169 Å². The lowest BCUT2D eigenvalue weighted by Crippen LogP contribution is -2.53. The molecule has 8 heteroatoms. The van der Waals surface area contributed by atoms with E-state index in [0.29, 0.717) is 26.2 Å². The lowest BCUT2D eigenvalue weighted by Gasteiger charge is -2.38. The molecule has 3 rings (SSSR count). The van der Waals surface area contributed by atoms with Gasteiger partial charge >= 0.3 is 0 Å². The highest BCUT2D eigenvalue weighted by molar-refractivity contribution is 5.94. The quantitative estimate of drug-likeness (QED) is 0.830. The summed E-state index contributed by atoms with van der Waals surface area (Å²) in [6.07, 6.45) is 0. The molecule has 1 aromatic heterocycles. The minimum Gasteiger partial charge on any atom is -0.354 e. The number of aromatic nitrogens is 2. The molecule has 1 N–H and O–H groups in total. The van der Waals surface area contributed by atoms with Gasteiger partial charge in [-0.3, -0.25) is 9.69 Å². The maximum absolute atomic E-state index is 13.8. The number of nitrogens with zero attached hydrogens (tertiary/aromatic N) is 4. The molecule has 0 radical (unpaired) electrons. The highest BCUT2D eigenvalue weighted by atomic mass is 19.1. The van der Waals surface area contributed by atoms with Crippen LogP contribution < -0.4 is 10.2 Å². The van der Waals surface area contributed by atoms with E-state index in [1.165, 1.54) is 6.07 Å². The number of para-hydroxylation sites is 1. The van der Waals surface area contributed by atoms with E-state index in [0.717, 1.165) is 29.5 Å². The topological polar surface area (TPSA) is 61.4 Å². The van der Waals surface area contributed by atoms with Crippen molar-refractivity contribution in [1.82, 2.24) is 14.9 Å². The van der Waals surface area contributed by atoms with Crippen LogP contribution in [-0.4, -0.2) is 53.0 Å². The van der Waals surface area contributed by atoms with Crippen LogP contribution in [0.15, 0.2) is 24.3 Å². The zero-order valence-electron chi connectivity index (χ0n) is 17.2. The van der Waals surface area contributed by atoms with Crippen LogP contribution in [0.3, 0.4) is 0 Å². The van der Waals surface area contributed by atoms with Gasteiger partial charge in [0.1, 0.15) is 29.0 Å². The van der Waals surface area contributed by atoms with Crippen molar-refractivity contribution in [3.05, 3.63) is 47.4 Å². The van der Waals surface area contributed by atoms with Gasteiger partial charge in [-0.15, -0.1) is 0 Å². The highest BCUT2D eigenvalue weighted by Gasteiger charge is 2.27. The van der Waals surface area contributed by atoms with Crippen molar-refractivity contribution in [2.45, 2.75) is 39.7 Å². The Morgan fingerprint density at radius 1 is 1.07 bits per heavy atom. The molecule has 0 unspecified atom stereocenters. The van der Waals surface area contributed by atoms with Gasteiger partial charge in [-0.2, -0.15) is 0 Å². The number of rotatable bonds is 5. The molecule has 0 spiro atoms. The standard InChI is InChI=1S/C21H27F2N5O/c1-13(2)20-24-14(3)12-18(25-20)28-10-8-27(9-11-28)15(4)21(29)26-19-16(22)6-5-7-17(19)23/h5-7,12-13,15H,8-11H2,1-4H3,(H,26,29)/t15-/m1/s1. The van der Waals surface area contributed by atoms with Crippen molar-refractivity contribution in [3.8, 4) is 0 Å². The van der Waals surface area contributed by atoms with E-state index in [1.54, 1.807) is 6.92 Å². The van der Waals surface area contributed by atoms with Gasteiger partial charge in [0.15, 0.2) is 0 Å². The minimum absolute atomic E-state index is 0.248. The van der Waals surface area contributed by atoms with Gasteiger partial charge in [0.25, 0.3) is 0 Å². The van der Waals surface area contributed by atoms with E-state index in [4.69, 9.17) is 0 Å². The third-order valence-corrected chi connectivity index (χ3v) is 5.15. The SMILES string of the molecule is Cc1cc(N2CCN([C@H](C)C(=O)Nc3c(F)cccc3F)CC2)nc(C(C)C)n1. The first kappa shape index (κ1) is 21.1. The third kappa shape index (κ3) is 4.87. The Morgan fingerprint density at radius 3 is 2.28 bits per heavy atom. The van der Waals surface area contributed by atoms with Crippen LogP contribution in [0.4, 0.5) is 20.3 Å². The van der Waals surface area contributed by atoms with Gasteiger partial charge in [-0.05, 0) is 26.0 Å². The van der Waals surface area contributed by atoms with Crippen molar-refractivity contribution in [2.24, 2.45) is 0 Å². The Morgan fingerprint density at radius 2 is 1.69 bits per heavy atom. The molecule has 1 amide bonds. The van der Waals surface area contributed by atoms with Crippen LogP contribution in [0.25, 0.3) is 0 Å². The second-order valence-corrected chi connectivity index (χ2v) is 7.67. The number of nitrogens with one attached hydrogen (secondary N) is 1. The monoisotopic (exact) mass is 403 g/mol. The maximum atomic E-state index is 13.8. The molecule has 29 heavy (non-hydrogen) atoms. The maximum Gasteiger partial charge on any atom is 0.241 e. The Hall–Kier alpha value is -2.61. The van der Waals surface area contributed by atoms with Crippen LogP contribution >= 0.6 is 0 Å². The predicted octanol–water partition coefficient (Wildman–Crippen LogP) is 3.34. The van der Waals surface area contributed by atoms with Crippen LogP contribution in [0, 0.1) is 18.6 Å². The summed E-state index contributed by atoms with van der Waals surface area (Å²) in [5.74, 6) is -0.0285. The van der Waals surface area contributed by atoms with Gasteiger partial charge in [-0.1, -0.05) is 19.9 Å². The van der Waals surface area contributed by atoms with E-state index < -0.39 is 29.3 Å². The molecule has 1 fully saturated rings. The van der Waals surface area contributed by atoms with Gasteiger partial charge in [0.2, 0.25) is 5.91 Å². The first-order valence-electron chi connectivity index (χ1n) is 9.85. The number of carbonyl (C=O) groups excluding carboxylic acids is 1. The highest BCUT2D eigenvalue weighted by Crippen LogP contribution is 2.21. The molecule has 1 aliphatic rings. The normalized spacial score (nSPS) is 16.2. The number of amides is 1. The fourth-order valence-electron chi connectivity index (χ4n) is 3.34. The second-order valence-electron chi connectivity index (χ2n) is 7.67. The molecule has 6 nitrogen and oxygen atoms in total. The molecule has 0 bridgehead atoms. The van der Waals surface area contributed by atoms with Crippen molar-refractivity contribution in [3.63, 3.8) is 0 Å². The average molecular weight is 403 g/mol. The molecule has 0 saturated carbocycles. The molecule has 1 saturated heterocycles. The number of carbonyl (C=O) groups is 1. The molecule has 0 aliphatic carbocycles. The Bertz CT molecular complexity index is 861. The smallest absolute Gasteiger partial charge is 0.241 e. The van der Waals surface area contributed by atoms with Crippen molar-refractivity contribution in [1.29, 1.82) is 0 Å². The summed E-state index contributed by atoms with van der Waals surface area (Å²) in [6.45, 7) is 10.5. The lowest BCUT2D eigenvalue weighted by molar-refractivity contribution is -0.120. The number of piperazine rings is 1. The Balaban J connectivity index is 1.62. The van der Waals surface area contributed by atoms with Crippen molar-refractivity contribution >= 4 is 17.4 Å². The summed E-state index contributed by atoms with van der Waals surface area (Å²) >= 11 is 0. The third-order valence-electron chi connectivity index (χ3n) is 5.15. The lowest BCUT2D eigenvalue weighted by atomic mass is 10.2. The fourth-order valence-corrected chi connectivity index (χ4v) is 3.34. The predicted molar refractivity (Wildman–Crippen MR) is 109 cm³/mol.